The number of hydroxylamine groups is 2. The maximum Gasteiger partial charge on any atom is 0.367 e. The second kappa shape index (κ2) is 6.95. The van der Waals surface area contributed by atoms with Gasteiger partial charge in [-0.1, -0.05) is 42.5 Å². The molecule has 1 heterocycles. The van der Waals surface area contributed by atoms with Crippen LogP contribution in [-0.2, 0) is 21.0 Å². The highest BCUT2D eigenvalue weighted by Crippen LogP contribution is 2.22. The van der Waals surface area contributed by atoms with Gasteiger partial charge in [0.25, 0.3) is 11.8 Å². The van der Waals surface area contributed by atoms with Crippen LogP contribution in [0, 0.1) is 0 Å². The summed E-state index contributed by atoms with van der Waals surface area (Å²) in [5.74, 6) is -1.51. The van der Waals surface area contributed by atoms with Gasteiger partial charge >= 0.3 is 5.97 Å². The van der Waals surface area contributed by atoms with E-state index in [-0.39, 0.29) is 25.0 Å². The molecule has 0 unspecified atom stereocenters. The summed E-state index contributed by atoms with van der Waals surface area (Å²) in [7, 11) is 0. The summed E-state index contributed by atoms with van der Waals surface area (Å²) in [6.45, 7) is 0.284. The molecule has 0 bridgehead atoms. The maximum atomic E-state index is 12.3. The number of hydrogen-bond acceptors (Lipinski definition) is 5. The number of amides is 2. The molecule has 1 saturated heterocycles. The highest BCUT2D eigenvalue weighted by molar-refractivity contribution is 6.03. The van der Waals surface area contributed by atoms with Crippen molar-refractivity contribution >= 4 is 17.8 Å². The van der Waals surface area contributed by atoms with Crippen molar-refractivity contribution in [2.45, 2.75) is 19.4 Å². The fraction of sp³-hybridized carbons (Fsp3) is 0.167. The van der Waals surface area contributed by atoms with Gasteiger partial charge in [-0.05, 0) is 17.7 Å². The first-order valence-corrected chi connectivity index (χ1v) is 7.49. The second-order valence-electron chi connectivity index (χ2n) is 5.23. The smallest absolute Gasteiger partial charge is 0.367 e. The van der Waals surface area contributed by atoms with Crippen molar-refractivity contribution in [1.82, 2.24) is 5.06 Å². The van der Waals surface area contributed by atoms with Gasteiger partial charge in [0.05, 0.1) is 0 Å². The van der Waals surface area contributed by atoms with Crippen LogP contribution < -0.4 is 4.74 Å². The Balaban J connectivity index is 1.72. The molecule has 2 amide bonds. The van der Waals surface area contributed by atoms with Gasteiger partial charge in [-0.3, -0.25) is 9.59 Å². The van der Waals surface area contributed by atoms with Crippen molar-refractivity contribution in [1.29, 1.82) is 0 Å². The Labute approximate surface area is 138 Å². The molecule has 0 saturated carbocycles. The first kappa shape index (κ1) is 15.7. The van der Waals surface area contributed by atoms with Crippen LogP contribution in [-0.4, -0.2) is 22.8 Å². The Morgan fingerprint density at radius 2 is 1.54 bits per heavy atom. The summed E-state index contributed by atoms with van der Waals surface area (Å²) in [6.07, 6.45) is 0.108. The normalized spacial score (nSPS) is 13.9. The van der Waals surface area contributed by atoms with Crippen molar-refractivity contribution in [3.63, 3.8) is 0 Å². The molecule has 6 nitrogen and oxygen atoms in total. The molecule has 0 spiro atoms. The Hall–Kier alpha value is -3.15. The summed E-state index contributed by atoms with van der Waals surface area (Å²) in [5.41, 5.74) is 1.10. The van der Waals surface area contributed by atoms with Gasteiger partial charge in [-0.25, -0.2) is 4.79 Å². The number of carbonyl (C=O) groups is 3. The van der Waals surface area contributed by atoms with E-state index in [9.17, 15) is 14.4 Å². The van der Waals surface area contributed by atoms with Crippen LogP contribution in [0.5, 0.6) is 5.75 Å². The number of imide groups is 1. The minimum absolute atomic E-state index is 0.0538. The van der Waals surface area contributed by atoms with Crippen LogP contribution in [0.1, 0.15) is 28.8 Å². The SMILES string of the molecule is O=C(ON1C(=O)CCC1=O)c1ccccc1OCc1ccccc1. The van der Waals surface area contributed by atoms with Crippen LogP contribution in [0.25, 0.3) is 0 Å². The lowest BCUT2D eigenvalue weighted by Gasteiger charge is -2.15. The van der Waals surface area contributed by atoms with Crippen LogP contribution >= 0.6 is 0 Å². The molecule has 0 aliphatic carbocycles. The van der Waals surface area contributed by atoms with Crippen molar-refractivity contribution in [3.05, 3.63) is 65.7 Å². The zero-order chi connectivity index (χ0) is 16.9. The lowest BCUT2D eigenvalue weighted by Crippen LogP contribution is -2.32. The molecule has 24 heavy (non-hydrogen) atoms. The molecule has 1 aliphatic heterocycles. The van der Waals surface area contributed by atoms with Crippen LogP contribution in [0.3, 0.4) is 0 Å². The van der Waals surface area contributed by atoms with E-state index in [1.807, 2.05) is 30.3 Å². The second-order valence-corrected chi connectivity index (χ2v) is 5.23. The third-order valence-corrected chi connectivity index (χ3v) is 3.52. The fourth-order valence-corrected chi connectivity index (χ4v) is 2.29. The molecule has 2 aromatic carbocycles. The van der Waals surface area contributed by atoms with Gasteiger partial charge in [0.1, 0.15) is 17.9 Å². The van der Waals surface area contributed by atoms with E-state index in [4.69, 9.17) is 9.57 Å². The molecule has 0 aromatic heterocycles. The molecule has 0 atom stereocenters. The number of nitrogens with zero attached hydrogens (tertiary/aromatic N) is 1. The molecular formula is C18H15NO5. The molecule has 0 radical (unpaired) electrons. The molecule has 3 rings (SSSR count). The molecule has 1 fully saturated rings. The minimum atomic E-state index is -0.803. The van der Waals surface area contributed by atoms with Crippen molar-refractivity contribution < 1.29 is 24.0 Å². The van der Waals surface area contributed by atoms with E-state index in [1.54, 1.807) is 18.2 Å². The van der Waals surface area contributed by atoms with Crippen molar-refractivity contribution in [2.24, 2.45) is 0 Å². The highest BCUT2D eigenvalue weighted by atomic mass is 16.7. The monoisotopic (exact) mass is 325 g/mol. The number of para-hydroxylation sites is 1. The van der Waals surface area contributed by atoms with Gasteiger partial charge in [-0.2, -0.15) is 0 Å². The zero-order valence-electron chi connectivity index (χ0n) is 12.8. The van der Waals surface area contributed by atoms with Gasteiger partial charge in [-0.15, -0.1) is 5.06 Å². The summed E-state index contributed by atoms with van der Waals surface area (Å²) in [5, 5.41) is 0.524. The fourth-order valence-electron chi connectivity index (χ4n) is 2.29. The van der Waals surface area contributed by atoms with E-state index in [0.717, 1.165) is 5.56 Å². The van der Waals surface area contributed by atoms with Crippen molar-refractivity contribution in [3.8, 4) is 5.75 Å². The Kier molecular flexibility index (Phi) is 4.56. The number of hydrogen-bond donors (Lipinski definition) is 0. The molecule has 6 heteroatoms. The van der Waals surface area contributed by atoms with E-state index in [0.29, 0.717) is 10.8 Å². The Morgan fingerprint density at radius 3 is 2.25 bits per heavy atom. The quantitative estimate of drug-likeness (QED) is 0.790. The van der Waals surface area contributed by atoms with E-state index in [1.165, 1.54) is 6.07 Å². The third-order valence-electron chi connectivity index (χ3n) is 3.52. The van der Waals surface area contributed by atoms with E-state index < -0.39 is 17.8 Å². The van der Waals surface area contributed by atoms with E-state index in [2.05, 4.69) is 0 Å². The number of ether oxygens (including phenoxy) is 1. The third kappa shape index (κ3) is 3.43. The van der Waals surface area contributed by atoms with Gasteiger partial charge in [0, 0.05) is 12.8 Å². The minimum Gasteiger partial charge on any atom is -0.488 e. The van der Waals surface area contributed by atoms with Gasteiger partial charge in [0.2, 0.25) is 0 Å². The van der Waals surface area contributed by atoms with E-state index >= 15 is 0 Å². The lowest BCUT2D eigenvalue weighted by atomic mass is 10.2. The van der Waals surface area contributed by atoms with Crippen molar-refractivity contribution in [2.75, 3.05) is 0 Å². The maximum absolute atomic E-state index is 12.3. The molecule has 1 aliphatic rings. The average molecular weight is 325 g/mol. The van der Waals surface area contributed by atoms with Crippen LogP contribution in [0.15, 0.2) is 54.6 Å². The predicted octanol–water partition coefficient (Wildman–Crippen LogP) is 2.49. The zero-order valence-corrected chi connectivity index (χ0v) is 12.8. The predicted molar refractivity (Wildman–Crippen MR) is 83.7 cm³/mol. The molecular weight excluding hydrogens is 310 g/mol. The van der Waals surface area contributed by atoms with Crippen LogP contribution in [0.4, 0.5) is 0 Å². The van der Waals surface area contributed by atoms with Gasteiger partial charge < -0.3 is 9.57 Å². The van der Waals surface area contributed by atoms with Gasteiger partial charge in [0.15, 0.2) is 0 Å². The Morgan fingerprint density at radius 1 is 0.917 bits per heavy atom. The number of benzene rings is 2. The molecule has 0 N–H and O–H groups in total. The molecule has 2 aromatic rings. The first-order valence-electron chi connectivity index (χ1n) is 7.49. The van der Waals surface area contributed by atoms with Crippen LogP contribution in [0.2, 0.25) is 0 Å². The average Bonchev–Trinajstić information content (AvgIpc) is 2.93. The Bertz CT molecular complexity index is 756. The summed E-state index contributed by atoms with van der Waals surface area (Å²) >= 11 is 0. The topological polar surface area (TPSA) is 72.9 Å². The number of carbonyl (C=O) groups excluding carboxylic acids is 3. The summed E-state index contributed by atoms with van der Waals surface area (Å²) in [6, 6.07) is 16.0. The largest absolute Gasteiger partial charge is 0.488 e. The summed E-state index contributed by atoms with van der Waals surface area (Å²) in [4.78, 5) is 40.3. The first-order chi connectivity index (χ1) is 11.6. The molecule has 122 valence electrons. The lowest BCUT2D eigenvalue weighted by molar-refractivity contribution is -0.172. The standard InChI is InChI=1S/C18H15NO5/c20-16-10-11-17(21)19(16)24-18(22)14-8-4-5-9-15(14)23-12-13-6-2-1-3-7-13/h1-9H,10-12H2. The number of rotatable bonds is 5. The highest BCUT2D eigenvalue weighted by Gasteiger charge is 2.33. The summed E-state index contributed by atoms with van der Waals surface area (Å²) < 4.78 is 5.67.